The summed E-state index contributed by atoms with van der Waals surface area (Å²) in [4.78, 5) is 13.8. The van der Waals surface area contributed by atoms with Gasteiger partial charge in [-0.25, -0.2) is 15.0 Å². The number of nitrogens with one attached hydrogen (secondary N) is 3. The molecule has 0 spiro atoms. The molecule has 0 fully saturated rings. The molecule has 122 valence electrons. The zero-order valence-corrected chi connectivity index (χ0v) is 13.3. The summed E-state index contributed by atoms with van der Waals surface area (Å²) in [6.07, 6.45) is 3.34. The Bertz CT molecular complexity index is 799. The Balaban J connectivity index is 1.71. The van der Waals surface area contributed by atoms with E-state index in [0.29, 0.717) is 6.54 Å². The topological polar surface area (TPSA) is 91.4 Å². The molecule has 0 bridgehead atoms. The van der Waals surface area contributed by atoms with Gasteiger partial charge in [0.1, 0.15) is 18.0 Å². The van der Waals surface area contributed by atoms with E-state index < -0.39 is 0 Å². The van der Waals surface area contributed by atoms with Crippen molar-refractivity contribution in [1.29, 1.82) is 0 Å². The number of anilines is 1. The summed E-state index contributed by atoms with van der Waals surface area (Å²) in [5.74, 6) is 2.44. The van der Waals surface area contributed by atoms with Crippen LogP contribution in [0.1, 0.15) is 17.1 Å². The minimum atomic E-state index is 0.561. The number of hydrogen-bond acceptors (Lipinski definition) is 6. The van der Waals surface area contributed by atoms with Crippen LogP contribution < -0.4 is 10.6 Å². The van der Waals surface area contributed by atoms with Gasteiger partial charge in [0.15, 0.2) is 5.82 Å². The average Bonchev–Trinajstić information content (AvgIpc) is 3.04. The smallest absolute Gasteiger partial charge is 0.161 e. The van der Waals surface area contributed by atoms with E-state index in [1.807, 2.05) is 30.3 Å². The Hall–Kier alpha value is -2.80. The van der Waals surface area contributed by atoms with Crippen LogP contribution in [0.5, 0.6) is 0 Å². The molecule has 3 N–H and O–H groups in total. The molecule has 0 aliphatic carbocycles. The van der Waals surface area contributed by atoms with Gasteiger partial charge in [0, 0.05) is 24.1 Å². The number of rotatable bonds is 4. The van der Waals surface area contributed by atoms with E-state index in [1.54, 1.807) is 0 Å². The van der Waals surface area contributed by atoms with Crippen LogP contribution in [0.3, 0.4) is 0 Å². The van der Waals surface area contributed by atoms with Gasteiger partial charge in [-0.2, -0.15) is 5.10 Å². The fourth-order valence-corrected chi connectivity index (χ4v) is 2.89. The van der Waals surface area contributed by atoms with E-state index in [1.165, 1.54) is 11.9 Å². The zero-order chi connectivity index (χ0) is 16.2. The first-order chi connectivity index (χ1) is 11.9. The first kappa shape index (κ1) is 14.8. The number of benzene rings is 1. The van der Waals surface area contributed by atoms with Gasteiger partial charge in [0.05, 0.1) is 12.2 Å². The molecule has 24 heavy (non-hydrogen) atoms. The highest BCUT2D eigenvalue weighted by Gasteiger charge is 2.17. The number of nitrogens with zero attached hydrogens (tertiary/aromatic N) is 4. The number of fused-ring (bicyclic) bond motifs is 1. The van der Waals surface area contributed by atoms with Gasteiger partial charge in [0.25, 0.3) is 0 Å². The van der Waals surface area contributed by atoms with Gasteiger partial charge in [-0.1, -0.05) is 30.3 Å². The summed E-state index contributed by atoms with van der Waals surface area (Å²) in [5, 5.41) is 13.6. The Kier molecular flexibility index (Phi) is 4.16. The normalized spacial score (nSPS) is 14.0. The van der Waals surface area contributed by atoms with Crippen LogP contribution in [0.2, 0.25) is 0 Å². The highest BCUT2D eigenvalue weighted by atomic mass is 15.2. The summed E-state index contributed by atoms with van der Waals surface area (Å²) in [5.41, 5.74) is 3.34. The molecule has 7 heteroatoms. The van der Waals surface area contributed by atoms with Gasteiger partial charge >= 0.3 is 0 Å². The molecule has 1 aliphatic heterocycles. The first-order valence-corrected chi connectivity index (χ1v) is 8.14. The second kappa shape index (κ2) is 6.76. The third kappa shape index (κ3) is 3.11. The second-order valence-corrected chi connectivity index (χ2v) is 5.72. The molecule has 0 saturated carbocycles. The summed E-state index contributed by atoms with van der Waals surface area (Å²) < 4.78 is 0. The average molecular weight is 321 g/mol. The van der Waals surface area contributed by atoms with Crippen molar-refractivity contribution < 1.29 is 0 Å². The first-order valence-electron chi connectivity index (χ1n) is 8.14. The highest BCUT2D eigenvalue weighted by Crippen LogP contribution is 2.24. The van der Waals surface area contributed by atoms with Gasteiger partial charge < -0.3 is 10.6 Å². The molecule has 2 aromatic heterocycles. The molecular formula is C17H19N7. The summed E-state index contributed by atoms with van der Waals surface area (Å²) >= 11 is 0. The molecule has 3 aromatic rings. The second-order valence-electron chi connectivity index (χ2n) is 5.72. The number of H-pyrrole nitrogens is 1. The number of aromatic nitrogens is 5. The maximum absolute atomic E-state index is 4.82. The standard InChI is InChI=1S/C17H19N7/c1-2-4-12(5-3-1)16-22-14-7-9-18-8-6-13(14)17(23-16)19-10-15-20-11-21-24-15/h1-5,11,18H,6-10H2,(H,19,22,23)(H,20,21,24). The molecule has 0 amide bonds. The minimum Gasteiger partial charge on any atom is -0.362 e. The maximum atomic E-state index is 4.82. The third-order valence-electron chi connectivity index (χ3n) is 4.10. The van der Waals surface area contributed by atoms with Crippen molar-refractivity contribution in [3.05, 3.63) is 53.7 Å². The van der Waals surface area contributed by atoms with E-state index in [4.69, 9.17) is 9.97 Å². The minimum absolute atomic E-state index is 0.561. The quantitative estimate of drug-likeness (QED) is 0.675. The van der Waals surface area contributed by atoms with Crippen LogP contribution >= 0.6 is 0 Å². The van der Waals surface area contributed by atoms with E-state index in [-0.39, 0.29) is 0 Å². The molecule has 4 rings (SSSR count). The lowest BCUT2D eigenvalue weighted by Crippen LogP contribution is -2.16. The number of aromatic amines is 1. The van der Waals surface area contributed by atoms with Gasteiger partial charge in [-0.15, -0.1) is 0 Å². The molecule has 3 heterocycles. The zero-order valence-electron chi connectivity index (χ0n) is 13.3. The van der Waals surface area contributed by atoms with Crippen LogP contribution in [0.25, 0.3) is 11.4 Å². The Morgan fingerprint density at radius 2 is 1.92 bits per heavy atom. The van der Waals surface area contributed by atoms with E-state index >= 15 is 0 Å². The van der Waals surface area contributed by atoms with Gasteiger partial charge in [-0.05, 0) is 13.0 Å². The van der Waals surface area contributed by atoms with Crippen molar-refractivity contribution in [3.8, 4) is 11.4 Å². The molecule has 7 nitrogen and oxygen atoms in total. The maximum Gasteiger partial charge on any atom is 0.161 e. The Morgan fingerprint density at radius 1 is 1.04 bits per heavy atom. The number of hydrogen-bond donors (Lipinski definition) is 3. The Morgan fingerprint density at radius 3 is 2.75 bits per heavy atom. The lowest BCUT2D eigenvalue weighted by atomic mass is 10.1. The van der Waals surface area contributed by atoms with Gasteiger partial charge in [-0.3, -0.25) is 5.10 Å². The SMILES string of the molecule is c1ccc(-c2nc3c(c(NCc4ncn[nH]4)n2)CCNCC3)cc1. The van der Waals surface area contributed by atoms with Crippen molar-refractivity contribution >= 4 is 5.82 Å². The molecule has 1 aromatic carbocycles. The fraction of sp³-hybridized carbons (Fsp3) is 0.294. The van der Waals surface area contributed by atoms with Crippen LogP contribution in [0.4, 0.5) is 5.82 Å². The van der Waals surface area contributed by atoms with Crippen molar-refractivity contribution in [3.63, 3.8) is 0 Å². The van der Waals surface area contributed by atoms with Gasteiger partial charge in [0.2, 0.25) is 0 Å². The molecule has 0 atom stereocenters. The van der Waals surface area contributed by atoms with Crippen LogP contribution in [0, 0.1) is 0 Å². The summed E-state index contributed by atoms with van der Waals surface area (Å²) in [6, 6.07) is 10.1. The van der Waals surface area contributed by atoms with Crippen LogP contribution in [0.15, 0.2) is 36.7 Å². The van der Waals surface area contributed by atoms with Crippen molar-refractivity contribution in [2.24, 2.45) is 0 Å². The summed E-state index contributed by atoms with van der Waals surface area (Å²) in [6.45, 7) is 2.45. The molecule has 1 aliphatic rings. The monoisotopic (exact) mass is 321 g/mol. The van der Waals surface area contributed by atoms with Crippen LogP contribution in [-0.4, -0.2) is 38.2 Å². The third-order valence-corrected chi connectivity index (χ3v) is 4.10. The van der Waals surface area contributed by atoms with E-state index in [2.05, 4.69) is 25.8 Å². The summed E-state index contributed by atoms with van der Waals surface area (Å²) in [7, 11) is 0. The molecule has 0 radical (unpaired) electrons. The van der Waals surface area contributed by atoms with Crippen molar-refractivity contribution in [1.82, 2.24) is 30.5 Å². The predicted octanol–water partition coefficient (Wildman–Crippen LogP) is 1.56. The lowest BCUT2D eigenvalue weighted by Gasteiger charge is -2.14. The Labute approximate surface area is 140 Å². The highest BCUT2D eigenvalue weighted by molar-refractivity contribution is 5.60. The molecule has 0 unspecified atom stereocenters. The van der Waals surface area contributed by atoms with E-state index in [0.717, 1.165) is 54.7 Å². The van der Waals surface area contributed by atoms with Crippen molar-refractivity contribution in [2.45, 2.75) is 19.4 Å². The predicted molar refractivity (Wildman–Crippen MR) is 91.5 cm³/mol. The lowest BCUT2D eigenvalue weighted by molar-refractivity contribution is 0.708. The molecular weight excluding hydrogens is 302 g/mol. The van der Waals surface area contributed by atoms with Crippen molar-refractivity contribution in [2.75, 3.05) is 18.4 Å². The molecule has 0 saturated heterocycles. The van der Waals surface area contributed by atoms with E-state index in [9.17, 15) is 0 Å². The van der Waals surface area contributed by atoms with Crippen LogP contribution in [-0.2, 0) is 19.4 Å². The largest absolute Gasteiger partial charge is 0.362 e. The fourth-order valence-electron chi connectivity index (χ4n) is 2.89.